The Morgan fingerprint density at radius 2 is 1.97 bits per heavy atom. The monoisotopic (exact) mass is 519 g/mol. The van der Waals surface area contributed by atoms with Gasteiger partial charge in [-0.3, -0.25) is 9.69 Å². The average Bonchev–Trinajstić information content (AvgIpc) is 3.55. The lowest BCUT2D eigenvalue weighted by Crippen LogP contribution is -2.31. The van der Waals surface area contributed by atoms with Gasteiger partial charge in [0.1, 0.15) is 0 Å². The van der Waals surface area contributed by atoms with Crippen molar-refractivity contribution in [3.8, 4) is 0 Å². The number of fused-ring (bicyclic) bond motifs is 1. The fourth-order valence-corrected chi connectivity index (χ4v) is 6.33. The first-order chi connectivity index (χ1) is 15.4. The predicted molar refractivity (Wildman–Crippen MR) is 130 cm³/mol. The van der Waals surface area contributed by atoms with E-state index < -0.39 is 10.0 Å². The molecule has 1 fully saturated rings. The van der Waals surface area contributed by atoms with Crippen molar-refractivity contribution in [1.82, 2.24) is 9.62 Å². The molecule has 2 aliphatic rings. The maximum absolute atomic E-state index is 13.0. The van der Waals surface area contributed by atoms with Crippen LogP contribution in [0.4, 0.5) is 5.69 Å². The number of hydrogen-bond acceptors (Lipinski definition) is 4. The third-order valence-electron chi connectivity index (χ3n) is 6.15. The Bertz CT molecular complexity index is 1070. The van der Waals surface area contributed by atoms with Crippen LogP contribution in [0.5, 0.6) is 0 Å². The molecule has 0 saturated heterocycles. The number of rotatable bonds is 10. The van der Waals surface area contributed by atoms with Crippen molar-refractivity contribution >= 4 is 37.5 Å². The molecule has 1 N–H and O–H groups in total. The SMILES string of the molecule is CCN(CCCNS(=O)(=O)c1cc2c(cc1Br)CCN2C(=O)C1CC1)Cc1ccccc1. The Morgan fingerprint density at radius 3 is 2.66 bits per heavy atom. The van der Waals surface area contributed by atoms with Crippen molar-refractivity contribution in [2.24, 2.45) is 5.92 Å². The van der Waals surface area contributed by atoms with Gasteiger partial charge in [0.25, 0.3) is 0 Å². The van der Waals surface area contributed by atoms with E-state index in [0.717, 1.165) is 56.6 Å². The highest BCUT2D eigenvalue weighted by molar-refractivity contribution is 9.10. The Labute approximate surface area is 199 Å². The molecular formula is C24H30BrN3O3S. The second-order valence-electron chi connectivity index (χ2n) is 8.53. The summed E-state index contributed by atoms with van der Waals surface area (Å²) in [5, 5.41) is 0. The van der Waals surface area contributed by atoms with Gasteiger partial charge < -0.3 is 4.90 Å². The van der Waals surface area contributed by atoms with Crippen LogP contribution >= 0.6 is 15.9 Å². The Morgan fingerprint density at radius 1 is 1.22 bits per heavy atom. The minimum atomic E-state index is -3.68. The van der Waals surface area contributed by atoms with Crippen LogP contribution in [-0.4, -0.2) is 45.4 Å². The fraction of sp³-hybridized carbons (Fsp3) is 0.458. The number of sulfonamides is 1. The average molecular weight is 520 g/mol. The van der Waals surface area contributed by atoms with E-state index in [4.69, 9.17) is 0 Å². The van der Waals surface area contributed by atoms with Crippen LogP contribution in [0.15, 0.2) is 51.8 Å². The molecule has 0 aromatic heterocycles. The van der Waals surface area contributed by atoms with E-state index in [0.29, 0.717) is 17.6 Å². The number of halogens is 1. The van der Waals surface area contributed by atoms with Crippen LogP contribution in [-0.2, 0) is 27.8 Å². The second kappa shape index (κ2) is 10.0. The normalized spacial score (nSPS) is 15.9. The van der Waals surface area contributed by atoms with Crippen molar-refractivity contribution < 1.29 is 13.2 Å². The van der Waals surface area contributed by atoms with Gasteiger partial charge in [0, 0.05) is 35.7 Å². The topological polar surface area (TPSA) is 69.7 Å². The maximum Gasteiger partial charge on any atom is 0.241 e. The molecule has 1 aliphatic heterocycles. The van der Waals surface area contributed by atoms with E-state index in [1.807, 2.05) is 24.3 Å². The number of nitrogens with zero attached hydrogens (tertiary/aromatic N) is 2. The summed E-state index contributed by atoms with van der Waals surface area (Å²) < 4.78 is 29.3. The van der Waals surface area contributed by atoms with Gasteiger partial charge in [-0.25, -0.2) is 13.1 Å². The van der Waals surface area contributed by atoms with Gasteiger partial charge in [-0.15, -0.1) is 0 Å². The summed E-state index contributed by atoms with van der Waals surface area (Å²) in [5.74, 6) is 0.237. The first kappa shape index (κ1) is 23.4. The summed E-state index contributed by atoms with van der Waals surface area (Å²) in [7, 11) is -3.68. The molecule has 1 aliphatic carbocycles. The van der Waals surface area contributed by atoms with Gasteiger partial charge in [-0.05, 0) is 78.0 Å². The zero-order chi connectivity index (χ0) is 22.7. The first-order valence-corrected chi connectivity index (χ1v) is 13.6. The number of anilines is 1. The molecule has 172 valence electrons. The van der Waals surface area contributed by atoms with E-state index >= 15 is 0 Å². The molecular weight excluding hydrogens is 490 g/mol. The van der Waals surface area contributed by atoms with E-state index in [1.165, 1.54) is 5.56 Å². The zero-order valence-electron chi connectivity index (χ0n) is 18.4. The van der Waals surface area contributed by atoms with Gasteiger partial charge in [0.2, 0.25) is 15.9 Å². The molecule has 0 spiro atoms. The van der Waals surface area contributed by atoms with Gasteiger partial charge in [0.15, 0.2) is 0 Å². The van der Waals surface area contributed by atoms with Crippen LogP contribution in [0, 0.1) is 5.92 Å². The Kier molecular flexibility index (Phi) is 7.34. The van der Waals surface area contributed by atoms with Gasteiger partial charge in [-0.1, -0.05) is 37.3 Å². The van der Waals surface area contributed by atoms with Crippen molar-refractivity contribution in [2.75, 3.05) is 31.1 Å². The molecule has 2 aromatic carbocycles. The lowest BCUT2D eigenvalue weighted by atomic mass is 10.2. The highest BCUT2D eigenvalue weighted by atomic mass is 79.9. The van der Waals surface area contributed by atoms with Gasteiger partial charge >= 0.3 is 0 Å². The minimum Gasteiger partial charge on any atom is -0.312 e. The van der Waals surface area contributed by atoms with Crippen LogP contribution < -0.4 is 9.62 Å². The van der Waals surface area contributed by atoms with Crippen molar-refractivity contribution in [3.63, 3.8) is 0 Å². The smallest absolute Gasteiger partial charge is 0.241 e. The molecule has 1 saturated carbocycles. The quantitative estimate of drug-likeness (QED) is 0.482. The molecule has 0 bridgehead atoms. The summed E-state index contributed by atoms with van der Waals surface area (Å²) in [4.78, 5) is 16.9. The van der Waals surface area contributed by atoms with Crippen molar-refractivity contribution in [2.45, 2.75) is 44.0 Å². The third-order valence-corrected chi connectivity index (χ3v) is 8.57. The molecule has 0 radical (unpaired) electrons. The van der Waals surface area contributed by atoms with Gasteiger partial charge in [-0.2, -0.15) is 0 Å². The lowest BCUT2D eigenvalue weighted by Gasteiger charge is -2.21. The summed E-state index contributed by atoms with van der Waals surface area (Å²) in [6.07, 6.45) is 3.35. The Balaban J connectivity index is 1.37. The predicted octanol–water partition coefficient (Wildman–Crippen LogP) is 3.94. The molecule has 8 heteroatoms. The van der Waals surface area contributed by atoms with E-state index in [1.54, 1.807) is 11.0 Å². The van der Waals surface area contributed by atoms with Crippen molar-refractivity contribution in [1.29, 1.82) is 0 Å². The molecule has 6 nitrogen and oxygen atoms in total. The van der Waals surface area contributed by atoms with E-state index in [-0.39, 0.29) is 16.7 Å². The minimum absolute atomic E-state index is 0.111. The van der Waals surface area contributed by atoms with Crippen LogP contribution in [0.1, 0.15) is 37.3 Å². The van der Waals surface area contributed by atoms with Crippen LogP contribution in [0.25, 0.3) is 0 Å². The highest BCUT2D eigenvalue weighted by Gasteiger charge is 2.37. The van der Waals surface area contributed by atoms with Crippen molar-refractivity contribution in [3.05, 3.63) is 58.1 Å². The molecule has 1 amide bonds. The number of hydrogen-bond donors (Lipinski definition) is 1. The highest BCUT2D eigenvalue weighted by Crippen LogP contribution is 2.39. The number of amides is 1. The molecule has 0 atom stereocenters. The number of benzene rings is 2. The van der Waals surface area contributed by atoms with E-state index in [2.05, 4.69) is 44.6 Å². The molecule has 2 aromatic rings. The van der Waals surface area contributed by atoms with Crippen LogP contribution in [0.2, 0.25) is 0 Å². The zero-order valence-corrected chi connectivity index (χ0v) is 20.8. The number of nitrogens with one attached hydrogen (secondary N) is 1. The number of carbonyl (C=O) groups is 1. The standard InChI is InChI=1S/C24H30BrN3O3S/c1-2-27(17-18-7-4-3-5-8-18)13-6-12-26-32(30,31)23-16-22-20(15-21(23)25)11-14-28(22)24(29)19-9-10-19/h3-5,7-8,15-16,19,26H,2,6,9-14,17H2,1H3. The molecule has 32 heavy (non-hydrogen) atoms. The molecule has 0 unspecified atom stereocenters. The molecule has 4 rings (SSSR count). The first-order valence-electron chi connectivity index (χ1n) is 11.3. The van der Waals surface area contributed by atoms with Gasteiger partial charge in [0.05, 0.1) is 4.90 Å². The van der Waals surface area contributed by atoms with E-state index in [9.17, 15) is 13.2 Å². The molecule has 1 heterocycles. The summed E-state index contributed by atoms with van der Waals surface area (Å²) in [6.45, 7) is 5.67. The second-order valence-corrected chi connectivity index (χ2v) is 11.1. The third kappa shape index (κ3) is 5.42. The maximum atomic E-state index is 13.0. The van der Waals surface area contributed by atoms with Crippen LogP contribution in [0.3, 0.4) is 0 Å². The largest absolute Gasteiger partial charge is 0.312 e. The summed E-state index contributed by atoms with van der Waals surface area (Å²) in [5.41, 5.74) is 3.01. The Hall–Kier alpha value is -1.74. The fourth-order valence-electron chi connectivity index (χ4n) is 4.15. The lowest BCUT2D eigenvalue weighted by molar-refractivity contribution is -0.119. The summed E-state index contributed by atoms with van der Waals surface area (Å²) in [6, 6.07) is 13.8. The summed E-state index contributed by atoms with van der Waals surface area (Å²) >= 11 is 3.43. The number of carbonyl (C=O) groups excluding carboxylic acids is 1.